The van der Waals surface area contributed by atoms with Gasteiger partial charge in [0.1, 0.15) is 0 Å². The molecule has 2 N–H and O–H groups in total. The maximum absolute atomic E-state index is 10.1. The van der Waals surface area contributed by atoms with Gasteiger partial charge in [0.2, 0.25) is 0 Å². The lowest BCUT2D eigenvalue weighted by Gasteiger charge is -2.36. The Kier molecular flexibility index (Phi) is 6.53. The molecule has 5 heteroatoms. The van der Waals surface area contributed by atoms with Crippen molar-refractivity contribution in [3.8, 4) is 11.5 Å². The largest absolute Gasteiger partial charge is 0.503 e. The second-order valence-electron chi connectivity index (χ2n) is 6.21. The Morgan fingerprint density at radius 1 is 1.32 bits per heavy atom. The van der Waals surface area contributed by atoms with Crippen LogP contribution < -0.4 is 10.1 Å². The Morgan fingerprint density at radius 3 is 2.59 bits per heavy atom. The summed E-state index contributed by atoms with van der Waals surface area (Å²) in [6.45, 7) is 11.2. The number of hydrogen-bond acceptors (Lipinski definition) is 4. The molecular weight excluding hydrogens is 344 g/mol. The highest BCUT2D eigenvalue weighted by Gasteiger charge is 2.25. The zero-order valence-electron chi connectivity index (χ0n) is 13.7. The van der Waals surface area contributed by atoms with E-state index in [1.165, 1.54) is 5.56 Å². The van der Waals surface area contributed by atoms with Gasteiger partial charge in [-0.2, -0.15) is 0 Å². The Balaban J connectivity index is 2.33. The molecule has 1 aromatic carbocycles. The molecule has 0 radical (unpaired) electrons. The minimum atomic E-state index is 0.189. The van der Waals surface area contributed by atoms with E-state index in [0.29, 0.717) is 28.8 Å². The van der Waals surface area contributed by atoms with Crippen molar-refractivity contribution >= 4 is 15.9 Å². The number of hydrogen-bond donors (Lipinski definition) is 2. The van der Waals surface area contributed by atoms with Crippen LogP contribution >= 0.6 is 15.9 Å². The SMILES string of the molecule is CCOc1cc([C@H](CC(C)C)N2CCNCC2)cc(Br)c1O. The molecule has 1 fully saturated rings. The number of benzene rings is 1. The molecule has 0 bridgehead atoms. The fourth-order valence-electron chi connectivity index (χ4n) is 2.99. The summed E-state index contributed by atoms with van der Waals surface area (Å²) in [5.41, 5.74) is 1.21. The number of piperazine rings is 1. The normalized spacial score (nSPS) is 17.7. The van der Waals surface area contributed by atoms with Crippen LogP contribution in [-0.2, 0) is 0 Å². The van der Waals surface area contributed by atoms with Gasteiger partial charge in [0.05, 0.1) is 11.1 Å². The molecule has 0 aromatic heterocycles. The smallest absolute Gasteiger partial charge is 0.172 e. The van der Waals surface area contributed by atoms with Gasteiger partial charge in [-0.3, -0.25) is 4.90 Å². The Bertz CT molecular complexity index is 488. The lowest BCUT2D eigenvalue weighted by atomic mass is 9.94. The predicted molar refractivity (Wildman–Crippen MR) is 93.6 cm³/mol. The van der Waals surface area contributed by atoms with Gasteiger partial charge in [0, 0.05) is 32.2 Å². The van der Waals surface area contributed by atoms with Crippen LogP contribution in [0.25, 0.3) is 0 Å². The van der Waals surface area contributed by atoms with E-state index in [1.807, 2.05) is 19.1 Å². The number of phenols is 1. The maximum Gasteiger partial charge on any atom is 0.172 e. The number of nitrogens with one attached hydrogen (secondary N) is 1. The van der Waals surface area contributed by atoms with Crippen LogP contribution in [0.2, 0.25) is 0 Å². The Morgan fingerprint density at radius 2 is 2.00 bits per heavy atom. The van der Waals surface area contributed by atoms with E-state index < -0.39 is 0 Å². The highest BCUT2D eigenvalue weighted by atomic mass is 79.9. The minimum Gasteiger partial charge on any atom is -0.503 e. The van der Waals surface area contributed by atoms with Crippen LogP contribution in [-0.4, -0.2) is 42.8 Å². The van der Waals surface area contributed by atoms with Crippen molar-refractivity contribution in [2.45, 2.75) is 33.2 Å². The van der Waals surface area contributed by atoms with E-state index >= 15 is 0 Å². The molecule has 0 amide bonds. The van der Waals surface area contributed by atoms with Crippen molar-refractivity contribution in [3.63, 3.8) is 0 Å². The quantitative estimate of drug-likeness (QED) is 0.803. The molecule has 1 saturated heterocycles. The van der Waals surface area contributed by atoms with Crippen LogP contribution in [0, 0.1) is 5.92 Å². The number of ether oxygens (including phenoxy) is 1. The topological polar surface area (TPSA) is 44.7 Å². The number of phenolic OH excluding ortho intramolecular Hbond substituents is 1. The van der Waals surface area contributed by atoms with E-state index in [0.717, 1.165) is 32.6 Å². The van der Waals surface area contributed by atoms with Crippen LogP contribution in [0.3, 0.4) is 0 Å². The Labute approximate surface area is 142 Å². The second kappa shape index (κ2) is 8.18. The first kappa shape index (κ1) is 17.6. The highest BCUT2D eigenvalue weighted by molar-refractivity contribution is 9.10. The molecule has 124 valence electrons. The van der Waals surface area contributed by atoms with E-state index in [9.17, 15) is 5.11 Å². The monoisotopic (exact) mass is 370 g/mol. The van der Waals surface area contributed by atoms with Crippen LogP contribution in [0.1, 0.15) is 38.8 Å². The fourth-order valence-corrected chi connectivity index (χ4v) is 3.45. The lowest BCUT2D eigenvalue weighted by Crippen LogP contribution is -2.45. The molecule has 1 aliphatic rings. The summed E-state index contributed by atoms with van der Waals surface area (Å²) in [7, 11) is 0. The number of rotatable bonds is 6. The zero-order chi connectivity index (χ0) is 16.1. The standard InChI is InChI=1S/C17H27BrN2O2/c1-4-22-16-11-13(10-14(18)17(16)21)15(9-12(2)3)20-7-5-19-6-8-20/h10-12,15,19,21H,4-9H2,1-3H3/t15-/m0/s1. The van der Waals surface area contributed by atoms with Crippen molar-refractivity contribution in [2.24, 2.45) is 5.92 Å². The number of aromatic hydroxyl groups is 1. The van der Waals surface area contributed by atoms with Gasteiger partial charge in [-0.15, -0.1) is 0 Å². The van der Waals surface area contributed by atoms with Gasteiger partial charge < -0.3 is 15.2 Å². The molecule has 0 saturated carbocycles. The lowest BCUT2D eigenvalue weighted by molar-refractivity contribution is 0.153. The summed E-state index contributed by atoms with van der Waals surface area (Å²) >= 11 is 3.46. The molecule has 0 aliphatic carbocycles. The molecule has 0 unspecified atom stereocenters. The van der Waals surface area contributed by atoms with Crippen molar-refractivity contribution in [2.75, 3.05) is 32.8 Å². The molecule has 1 atom stereocenters. The molecular formula is C17H27BrN2O2. The van der Waals surface area contributed by atoms with E-state index in [-0.39, 0.29) is 5.75 Å². The molecule has 4 nitrogen and oxygen atoms in total. The molecule has 0 spiro atoms. The van der Waals surface area contributed by atoms with Crippen LogP contribution in [0.4, 0.5) is 0 Å². The predicted octanol–water partition coefficient (Wildman–Crippen LogP) is 3.55. The van der Waals surface area contributed by atoms with Crippen molar-refractivity contribution in [1.82, 2.24) is 10.2 Å². The minimum absolute atomic E-state index is 0.189. The second-order valence-corrected chi connectivity index (χ2v) is 7.07. The molecule has 2 rings (SSSR count). The zero-order valence-corrected chi connectivity index (χ0v) is 15.3. The van der Waals surface area contributed by atoms with Gasteiger partial charge in [-0.05, 0) is 52.9 Å². The first-order chi connectivity index (χ1) is 10.5. The molecule has 1 heterocycles. The third-order valence-corrected chi connectivity index (χ3v) is 4.63. The van der Waals surface area contributed by atoms with E-state index in [1.54, 1.807) is 0 Å². The highest BCUT2D eigenvalue weighted by Crippen LogP contribution is 2.39. The van der Waals surface area contributed by atoms with E-state index in [4.69, 9.17) is 4.74 Å². The fraction of sp³-hybridized carbons (Fsp3) is 0.647. The molecule has 1 aliphatic heterocycles. The van der Waals surface area contributed by atoms with Gasteiger partial charge in [0.15, 0.2) is 11.5 Å². The van der Waals surface area contributed by atoms with Crippen LogP contribution in [0.15, 0.2) is 16.6 Å². The summed E-state index contributed by atoms with van der Waals surface area (Å²) in [4.78, 5) is 2.53. The third kappa shape index (κ3) is 4.37. The summed E-state index contributed by atoms with van der Waals surface area (Å²) in [6, 6.07) is 4.39. The molecule has 1 aromatic rings. The van der Waals surface area contributed by atoms with Gasteiger partial charge >= 0.3 is 0 Å². The average Bonchev–Trinajstić information content (AvgIpc) is 2.50. The van der Waals surface area contributed by atoms with Crippen molar-refractivity contribution in [3.05, 3.63) is 22.2 Å². The first-order valence-electron chi connectivity index (χ1n) is 8.12. The van der Waals surface area contributed by atoms with Crippen molar-refractivity contribution < 1.29 is 9.84 Å². The summed E-state index contributed by atoms with van der Waals surface area (Å²) < 4.78 is 6.30. The van der Waals surface area contributed by atoms with Gasteiger partial charge in [-0.1, -0.05) is 13.8 Å². The summed E-state index contributed by atoms with van der Waals surface area (Å²) in [5.74, 6) is 1.37. The maximum atomic E-state index is 10.1. The number of halogens is 1. The Hall–Kier alpha value is -0.780. The average molecular weight is 371 g/mol. The third-order valence-electron chi connectivity index (χ3n) is 4.02. The first-order valence-corrected chi connectivity index (χ1v) is 8.92. The van der Waals surface area contributed by atoms with Gasteiger partial charge in [-0.25, -0.2) is 0 Å². The summed E-state index contributed by atoms with van der Waals surface area (Å²) in [5, 5.41) is 13.5. The number of nitrogens with zero attached hydrogens (tertiary/aromatic N) is 1. The molecule has 22 heavy (non-hydrogen) atoms. The van der Waals surface area contributed by atoms with Crippen molar-refractivity contribution in [1.29, 1.82) is 0 Å². The van der Waals surface area contributed by atoms with E-state index in [2.05, 4.69) is 40.0 Å². The summed E-state index contributed by atoms with van der Waals surface area (Å²) in [6.07, 6.45) is 1.10. The van der Waals surface area contributed by atoms with Gasteiger partial charge in [0.25, 0.3) is 0 Å². The van der Waals surface area contributed by atoms with Crippen LogP contribution in [0.5, 0.6) is 11.5 Å².